The molecule has 0 atom stereocenters. The second kappa shape index (κ2) is 6.32. The zero-order chi connectivity index (χ0) is 12.8. The Bertz CT molecular complexity index is 483. The van der Waals surface area contributed by atoms with Gasteiger partial charge < -0.3 is 16.0 Å². The summed E-state index contributed by atoms with van der Waals surface area (Å²) in [5.41, 5.74) is 0. The summed E-state index contributed by atoms with van der Waals surface area (Å²) in [6.45, 7) is 3.63. The van der Waals surface area contributed by atoms with Gasteiger partial charge in [0.1, 0.15) is 17.5 Å². The predicted octanol–water partition coefficient (Wildman–Crippen LogP) is 2.22. The van der Waals surface area contributed by atoms with Gasteiger partial charge in [-0.1, -0.05) is 0 Å². The molecule has 18 heavy (non-hydrogen) atoms. The smallest absolute Gasteiger partial charge is 0.136 e. The van der Waals surface area contributed by atoms with Gasteiger partial charge in [-0.3, -0.25) is 0 Å². The Morgan fingerprint density at radius 2 is 2.06 bits per heavy atom. The number of thiophene rings is 1. The van der Waals surface area contributed by atoms with Crippen molar-refractivity contribution in [1.82, 2.24) is 15.3 Å². The van der Waals surface area contributed by atoms with Crippen molar-refractivity contribution < 1.29 is 0 Å². The number of aromatic nitrogens is 2. The van der Waals surface area contributed by atoms with Crippen LogP contribution in [0.15, 0.2) is 23.6 Å². The van der Waals surface area contributed by atoms with Crippen LogP contribution in [0.5, 0.6) is 0 Å². The number of rotatable bonds is 6. The zero-order valence-electron chi connectivity index (χ0n) is 10.5. The van der Waals surface area contributed by atoms with Crippen molar-refractivity contribution in [1.29, 1.82) is 0 Å². The molecule has 0 aliphatic carbocycles. The molecule has 5 nitrogen and oxygen atoms in total. The lowest BCUT2D eigenvalue weighted by Gasteiger charge is -2.09. The highest BCUT2D eigenvalue weighted by atomic mass is 32.1. The molecule has 2 heterocycles. The van der Waals surface area contributed by atoms with Crippen LogP contribution in [0.2, 0.25) is 0 Å². The first-order chi connectivity index (χ1) is 8.78. The minimum absolute atomic E-state index is 0.753. The van der Waals surface area contributed by atoms with Crippen LogP contribution in [-0.4, -0.2) is 30.1 Å². The molecule has 0 unspecified atom stereocenters. The van der Waals surface area contributed by atoms with Crippen LogP contribution in [0.1, 0.15) is 5.82 Å². The van der Waals surface area contributed by atoms with Gasteiger partial charge in [0.05, 0.1) is 5.00 Å². The normalized spacial score (nSPS) is 10.3. The van der Waals surface area contributed by atoms with Crippen molar-refractivity contribution in [2.75, 3.05) is 30.8 Å². The molecule has 96 valence electrons. The van der Waals surface area contributed by atoms with E-state index in [0.29, 0.717) is 0 Å². The SMILES string of the molecule is CNCCNc1cc(Nc2cccs2)nc(C)n1. The van der Waals surface area contributed by atoms with Crippen molar-refractivity contribution in [3.05, 3.63) is 29.4 Å². The number of hydrogen-bond donors (Lipinski definition) is 3. The first kappa shape index (κ1) is 12.8. The monoisotopic (exact) mass is 263 g/mol. The van der Waals surface area contributed by atoms with Gasteiger partial charge >= 0.3 is 0 Å². The fourth-order valence-corrected chi connectivity index (χ4v) is 2.14. The van der Waals surface area contributed by atoms with E-state index < -0.39 is 0 Å². The second-order valence-corrected chi connectivity index (χ2v) is 4.77. The lowest BCUT2D eigenvalue weighted by Crippen LogP contribution is -2.18. The van der Waals surface area contributed by atoms with Gasteiger partial charge in [-0.15, -0.1) is 11.3 Å². The summed E-state index contributed by atoms with van der Waals surface area (Å²) in [6, 6.07) is 5.95. The molecule has 0 aliphatic heterocycles. The summed E-state index contributed by atoms with van der Waals surface area (Å²) in [5.74, 6) is 2.41. The van der Waals surface area contributed by atoms with Crippen molar-refractivity contribution in [2.45, 2.75) is 6.92 Å². The van der Waals surface area contributed by atoms with Crippen LogP contribution < -0.4 is 16.0 Å². The number of anilines is 3. The number of aryl methyl sites for hydroxylation is 1. The molecule has 0 fully saturated rings. The van der Waals surface area contributed by atoms with Crippen LogP contribution in [-0.2, 0) is 0 Å². The molecule has 2 aromatic heterocycles. The van der Waals surface area contributed by atoms with Crippen LogP contribution in [0, 0.1) is 6.92 Å². The fraction of sp³-hybridized carbons (Fsp3) is 0.333. The maximum atomic E-state index is 4.37. The highest BCUT2D eigenvalue weighted by molar-refractivity contribution is 7.14. The lowest BCUT2D eigenvalue weighted by molar-refractivity contribution is 0.820. The molecule has 0 radical (unpaired) electrons. The van der Waals surface area contributed by atoms with Crippen LogP contribution >= 0.6 is 11.3 Å². The van der Waals surface area contributed by atoms with E-state index in [9.17, 15) is 0 Å². The van der Waals surface area contributed by atoms with E-state index in [4.69, 9.17) is 0 Å². The molecule has 6 heteroatoms. The largest absolute Gasteiger partial charge is 0.369 e. The van der Waals surface area contributed by atoms with Gasteiger partial charge in [-0.25, -0.2) is 9.97 Å². The Labute approximate surface area is 111 Å². The number of likely N-dealkylation sites (N-methyl/N-ethyl adjacent to an activating group) is 1. The third-order valence-corrected chi connectivity index (χ3v) is 3.08. The molecule has 0 saturated carbocycles. The van der Waals surface area contributed by atoms with Gasteiger partial charge in [0.15, 0.2) is 0 Å². The van der Waals surface area contributed by atoms with E-state index >= 15 is 0 Å². The molecule has 2 rings (SSSR count). The molecule has 0 saturated heterocycles. The van der Waals surface area contributed by atoms with Gasteiger partial charge in [-0.05, 0) is 31.5 Å². The molecule has 0 amide bonds. The van der Waals surface area contributed by atoms with Crippen molar-refractivity contribution in [3.8, 4) is 0 Å². The van der Waals surface area contributed by atoms with Crippen molar-refractivity contribution >= 4 is 28.0 Å². The summed E-state index contributed by atoms with van der Waals surface area (Å²) in [5, 5.41) is 12.7. The Kier molecular flexibility index (Phi) is 4.49. The van der Waals surface area contributed by atoms with Crippen LogP contribution in [0.4, 0.5) is 16.6 Å². The molecule has 2 aromatic rings. The standard InChI is InChI=1S/C12H17N5S/c1-9-15-10(14-6-5-13-2)8-11(16-9)17-12-4-3-7-18-12/h3-4,7-8,13H,5-6H2,1-2H3,(H2,14,15,16,17). The van der Waals surface area contributed by atoms with E-state index in [1.807, 2.05) is 37.6 Å². The van der Waals surface area contributed by atoms with E-state index in [1.165, 1.54) is 0 Å². The van der Waals surface area contributed by atoms with E-state index in [2.05, 4.69) is 25.9 Å². The fourth-order valence-electron chi connectivity index (χ4n) is 1.51. The third-order valence-electron chi connectivity index (χ3n) is 2.29. The minimum Gasteiger partial charge on any atom is -0.369 e. The number of nitrogens with zero attached hydrogens (tertiary/aromatic N) is 2. The molecule has 0 aliphatic rings. The Hall–Kier alpha value is -1.66. The molecule has 3 N–H and O–H groups in total. The van der Waals surface area contributed by atoms with Crippen LogP contribution in [0.25, 0.3) is 0 Å². The highest BCUT2D eigenvalue weighted by Crippen LogP contribution is 2.21. The third kappa shape index (κ3) is 3.68. The van der Waals surface area contributed by atoms with Crippen molar-refractivity contribution in [2.24, 2.45) is 0 Å². The molecular weight excluding hydrogens is 246 g/mol. The predicted molar refractivity (Wildman–Crippen MR) is 76.8 cm³/mol. The summed E-state index contributed by atoms with van der Waals surface area (Å²) < 4.78 is 0. The van der Waals surface area contributed by atoms with Gasteiger partial charge in [0.25, 0.3) is 0 Å². The highest BCUT2D eigenvalue weighted by Gasteiger charge is 2.02. The lowest BCUT2D eigenvalue weighted by atomic mass is 10.4. The quantitative estimate of drug-likeness (QED) is 0.698. The molecule has 0 aromatic carbocycles. The van der Waals surface area contributed by atoms with E-state index in [-0.39, 0.29) is 0 Å². The maximum absolute atomic E-state index is 4.37. The summed E-state index contributed by atoms with van der Waals surface area (Å²) >= 11 is 1.65. The van der Waals surface area contributed by atoms with E-state index in [1.54, 1.807) is 11.3 Å². The van der Waals surface area contributed by atoms with E-state index in [0.717, 1.165) is 35.6 Å². The maximum Gasteiger partial charge on any atom is 0.136 e. The van der Waals surface area contributed by atoms with Gasteiger partial charge in [0, 0.05) is 19.2 Å². The topological polar surface area (TPSA) is 61.9 Å². The zero-order valence-corrected chi connectivity index (χ0v) is 11.3. The van der Waals surface area contributed by atoms with Gasteiger partial charge in [-0.2, -0.15) is 0 Å². The second-order valence-electron chi connectivity index (χ2n) is 3.82. The number of nitrogens with one attached hydrogen (secondary N) is 3. The van der Waals surface area contributed by atoms with Crippen molar-refractivity contribution in [3.63, 3.8) is 0 Å². The average Bonchev–Trinajstić information content (AvgIpc) is 2.81. The van der Waals surface area contributed by atoms with Crippen LogP contribution in [0.3, 0.4) is 0 Å². The molecular formula is C12H17N5S. The first-order valence-electron chi connectivity index (χ1n) is 5.82. The Balaban J connectivity index is 2.06. The molecule has 0 bridgehead atoms. The summed E-state index contributed by atoms with van der Waals surface area (Å²) in [4.78, 5) is 8.71. The Morgan fingerprint density at radius 3 is 2.78 bits per heavy atom. The molecule has 0 spiro atoms. The summed E-state index contributed by atoms with van der Waals surface area (Å²) in [6.07, 6.45) is 0. The number of hydrogen-bond acceptors (Lipinski definition) is 6. The first-order valence-corrected chi connectivity index (χ1v) is 6.70. The average molecular weight is 263 g/mol. The Morgan fingerprint density at radius 1 is 1.22 bits per heavy atom. The van der Waals surface area contributed by atoms with Gasteiger partial charge in [0.2, 0.25) is 0 Å². The summed E-state index contributed by atoms with van der Waals surface area (Å²) in [7, 11) is 1.93. The minimum atomic E-state index is 0.753.